The van der Waals surface area contributed by atoms with Crippen LogP contribution in [-0.4, -0.2) is 18.4 Å². The molecule has 0 unspecified atom stereocenters. The van der Waals surface area contributed by atoms with Gasteiger partial charge in [0, 0.05) is 11.6 Å². The minimum Gasteiger partial charge on any atom is -0.368 e. The van der Waals surface area contributed by atoms with Crippen molar-refractivity contribution in [2.45, 2.75) is 37.5 Å². The van der Waals surface area contributed by atoms with Crippen LogP contribution in [0.4, 0.5) is 14.5 Å². The van der Waals surface area contributed by atoms with Gasteiger partial charge in [0.2, 0.25) is 11.8 Å². The topological polar surface area (TPSA) is 63.4 Å². The summed E-state index contributed by atoms with van der Waals surface area (Å²) in [5.41, 5.74) is 4.59. The van der Waals surface area contributed by atoms with E-state index in [-0.39, 0.29) is 23.7 Å². The first kappa shape index (κ1) is 14.0. The molecular weight excluding hydrogens is 278 g/mol. The van der Waals surface area contributed by atoms with E-state index in [0.717, 1.165) is 36.3 Å². The molecule has 112 valence electrons. The van der Waals surface area contributed by atoms with Crippen LogP contribution in [0.5, 0.6) is 0 Å². The third-order valence-corrected chi connectivity index (χ3v) is 4.48. The number of benzene rings is 1. The van der Waals surface area contributed by atoms with Gasteiger partial charge in [-0.2, -0.15) is 0 Å². The number of carbonyl (C=O) groups is 2. The SMILES string of the molecule is NC(=O)CN1C(=O)C2(CCCCC2)c2c(F)cc(F)cc21. The average Bonchev–Trinajstić information content (AvgIpc) is 2.62. The van der Waals surface area contributed by atoms with E-state index in [9.17, 15) is 18.4 Å². The quantitative estimate of drug-likeness (QED) is 0.906. The van der Waals surface area contributed by atoms with Crippen molar-refractivity contribution in [3.63, 3.8) is 0 Å². The van der Waals surface area contributed by atoms with Crippen molar-refractivity contribution in [1.82, 2.24) is 0 Å². The molecule has 4 nitrogen and oxygen atoms in total. The van der Waals surface area contributed by atoms with Gasteiger partial charge in [-0.1, -0.05) is 19.3 Å². The van der Waals surface area contributed by atoms with Crippen molar-refractivity contribution in [1.29, 1.82) is 0 Å². The number of nitrogens with zero attached hydrogens (tertiary/aromatic N) is 1. The van der Waals surface area contributed by atoms with E-state index in [2.05, 4.69) is 0 Å². The first-order valence-corrected chi connectivity index (χ1v) is 7.05. The van der Waals surface area contributed by atoms with Crippen molar-refractivity contribution in [3.8, 4) is 0 Å². The molecule has 1 aliphatic carbocycles. The number of nitrogens with two attached hydrogens (primary N) is 1. The Morgan fingerprint density at radius 1 is 1.24 bits per heavy atom. The Bertz CT molecular complexity index is 624. The highest BCUT2D eigenvalue weighted by atomic mass is 19.1. The summed E-state index contributed by atoms with van der Waals surface area (Å²) >= 11 is 0. The summed E-state index contributed by atoms with van der Waals surface area (Å²) in [6.07, 6.45) is 3.66. The molecule has 2 N–H and O–H groups in total. The lowest BCUT2D eigenvalue weighted by Gasteiger charge is -2.32. The van der Waals surface area contributed by atoms with Gasteiger partial charge in [0.15, 0.2) is 0 Å². The molecule has 1 fully saturated rings. The van der Waals surface area contributed by atoms with Crippen molar-refractivity contribution >= 4 is 17.5 Å². The molecule has 0 saturated heterocycles. The molecule has 6 heteroatoms. The Labute approximate surface area is 120 Å². The van der Waals surface area contributed by atoms with Crippen molar-refractivity contribution in [2.75, 3.05) is 11.4 Å². The van der Waals surface area contributed by atoms with Gasteiger partial charge < -0.3 is 10.6 Å². The summed E-state index contributed by atoms with van der Waals surface area (Å²) in [4.78, 5) is 25.1. The zero-order valence-corrected chi connectivity index (χ0v) is 11.5. The van der Waals surface area contributed by atoms with Crippen LogP contribution < -0.4 is 10.6 Å². The predicted octanol–water partition coefficient (Wildman–Crippen LogP) is 2.00. The summed E-state index contributed by atoms with van der Waals surface area (Å²) in [5.74, 6) is -2.51. The van der Waals surface area contributed by atoms with Gasteiger partial charge in [0.1, 0.15) is 18.2 Å². The van der Waals surface area contributed by atoms with E-state index in [1.165, 1.54) is 0 Å². The summed E-state index contributed by atoms with van der Waals surface area (Å²) in [6.45, 7) is -0.351. The number of halogens is 2. The first-order valence-electron chi connectivity index (χ1n) is 7.05. The first-order chi connectivity index (χ1) is 9.95. The molecule has 1 aromatic rings. The van der Waals surface area contributed by atoms with Crippen molar-refractivity contribution < 1.29 is 18.4 Å². The maximum absolute atomic E-state index is 14.3. The maximum Gasteiger partial charge on any atom is 0.238 e. The number of hydrogen-bond donors (Lipinski definition) is 1. The van der Waals surface area contributed by atoms with Crippen LogP contribution in [0, 0.1) is 11.6 Å². The molecule has 21 heavy (non-hydrogen) atoms. The van der Waals surface area contributed by atoms with Gasteiger partial charge in [0.05, 0.1) is 11.1 Å². The molecule has 0 bridgehead atoms. The third-order valence-electron chi connectivity index (χ3n) is 4.48. The molecule has 0 atom stereocenters. The van der Waals surface area contributed by atoms with Crippen LogP contribution >= 0.6 is 0 Å². The number of carbonyl (C=O) groups excluding carboxylic acids is 2. The monoisotopic (exact) mass is 294 g/mol. The Balaban J connectivity index is 2.18. The highest BCUT2D eigenvalue weighted by molar-refractivity contribution is 6.10. The summed E-state index contributed by atoms with van der Waals surface area (Å²) < 4.78 is 27.9. The minimum absolute atomic E-state index is 0.151. The van der Waals surface area contributed by atoms with Crippen LogP contribution in [0.3, 0.4) is 0 Å². The molecule has 0 aromatic heterocycles. The van der Waals surface area contributed by atoms with Gasteiger partial charge in [0.25, 0.3) is 0 Å². The summed E-state index contributed by atoms with van der Waals surface area (Å²) in [6, 6.07) is 1.92. The molecular formula is C15H16F2N2O2. The molecule has 1 aromatic carbocycles. The van der Waals surface area contributed by atoms with Gasteiger partial charge in [-0.3, -0.25) is 9.59 Å². The number of amides is 2. The van der Waals surface area contributed by atoms with Crippen molar-refractivity contribution in [3.05, 3.63) is 29.3 Å². The fraction of sp³-hybridized carbons (Fsp3) is 0.467. The highest BCUT2D eigenvalue weighted by Gasteiger charge is 2.53. The molecule has 1 aliphatic heterocycles. The van der Waals surface area contributed by atoms with Crippen LogP contribution in [0.25, 0.3) is 0 Å². The lowest BCUT2D eigenvalue weighted by molar-refractivity contribution is -0.126. The Morgan fingerprint density at radius 3 is 2.52 bits per heavy atom. The fourth-order valence-corrected chi connectivity index (χ4v) is 3.65. The Kier molecular flexibility index (Phi) is 3.19. The number of primary amides is 1. The minimum atomic E-state index is -0.958. The number of anilines is 1. The van der Waals surface area contributed by atoms with Gasteiger partial charge in [-0.25, -0.2) is 8.78 Å². The molecule has 1 heterocycles. The smallest absolute Gasteiger partial charge is 0.238 e. The summed E-state index contributed by atoms with van der Waals surface area (Å²) in [7, 11) is 0. The Morgan fingerprint density at radius 2 is 1.90 bits per heavy atom. The maximum atomic E-state index is 14.3. The number of rotatable bonds is 2. The molecule has 1 spiro atoms. The largest absolute Gasteiger partial charge is 0.368 e. The second-order valence-electron chi connectivity index (χ2n) is 5.78. The van der Waals surface area contributed by atoms with Crippen LogP contribution in [-0.2, 0) is 15.0 Å². The molecule has 2 amide bonds. The second-order valence-corrected chi connectivity index (χ2v) is 5.78. The van der Waals surface area contributed by atoms with Gasteiger partial charge >= 0.3 is 0 Å². The van der Waals surface area contributed by atoms with Crippen LogP contribution in [0.1, 0.15) is 37.7 Å². The van der Waals surface area contributed by atoms with E-state index in [4.69, 9.17) is 5.73 Å². The standard InChI is InChI=1S/C15H16F2N2O2/c16-9-6-10(17)13-11(7-9)19(8-12(18)20)14(21)15(13)4-2-1-3-5-15/h6-7H,1-5,8H2,(H2,18,20). The van der Waals surface area contributed by atoms with E-state index in [1.807, 2.05) is 0 Å². The molecule has 3 rings (SSSR count). The van der Waals surface area contributed by atoms with Crippen LogP contribution in [0.2, 0.25) is 0 Å². The van der Waals surface area contributed by atoms with E-state index >= 15 is 0 Å². The van der Waals surface area contributed by atoms with Gasteiger partial charge in [-0.05, 0) is 18.9 Å². The second kappa shape index (κ2) is 4.79. The number of hydrogen-bond acceptors (Lipinski definition) is 2. The fourth-order valence-electron chi connectivity index (χ4n) is 3.65. The van der Waals surface area contributed by atoms with Crippen molar-refractivity contribution in [2.24, 2.45) is 5.73 Å². The third kappa shape index (κ3) is 2.01. The highest BCUT2D eigenvalue weighted by Crippen LogP contribution is 2.51. The normalized spacial score (nSPS) is 19.9. The van der Waals surface area contributed by atoms with E-state index in [0.29, 0.717) is 12.8 Å². The molecule has 1 saturated carbocycles. The zero-order valence-electron chi connectivity index (χ0n) is 11.5. The lowest BCUT2D eigenvalue weighted by Crippen LogP contribution is -2.44. The summed E-state index contributed by atoms with van der Waals surface area (Å²) in [5, 5.41) is 0. The van der Waals surface area contributed by atoms with Crippen LogP contribution in [0.15, 0.2) is 12.1 Å². The molecule has 0 radical (unpaired) electrons. The average molecular weight is 294 g/mol. The number of fused-ring (bicyclic) bond motifs is 2. The zero-order chi connectivity index (χ0) is 15.2. The van der Waals surface area contributed by atoms with E-state index in [1.54, 1.807) is 0 Å². The molecule has 2 aliphatic rings. The van der Waals surface area contributed by atoms with Gasteiger partial charge in [-0.15, -0.1) is 0 Å². The van der Waals surface area contributed by atoms with E-state index < -0.39 is 23.0 Å². The predicted molar refractivity (Wildman–Crippen MR) is 72.7 cm³/mol. The lowest BCUT2D eigenvalue weighted by atomic mass is 9.70. The Hall–Kier alpha value is -1.98.